The summed E-state index contributed by atoms with van der Waals surface area (Å²) in [6.45, 7) is 0. The summed E-state index contributed by atoms with van der Waals surface area (Å²) in [5.74, 6) is -0.337. The lowest BCUT2D eigenvalue weighted by atomic mass is 9.99. The van der Waals surface area contributed by atoms with E-state index in [1.54, 1.807) is 28.8 Å². The molecule has 0 spiro atoms. The van der Waals surface area contributed by atoms with Gasteiger partial charge in [0.25, 0.3) is 0 Å². The van der Waals surface area contributed by atoms with Crippen LogP contribution in [0, 0.1) is 23.0 Å². The number of pyridine rings is 1. The quantitative estimate of drug-likeness (QED) is 0.375. The number of rotatable bonds is 3. The second-order valence-corrected chi connectivity index (χ2v) is 6.98. The third-order valence-electron chi connectivity index (χ3n) is 5.05. The first kappa shape index (κ1) is 18.6. The Morgan fingerprint density at radius 2 is 1.35 bits per heavy atom. The van der Waals surface area contributed by atoms with E-state index in [0.29, 0.717) is 33.9 Å². The van der Waals surface area contributed by atoms with Crippen LogP contribution in [-0.4, -0.2) is 14.6 Å². The molecule has 0 aliphatic rings. The lowest BCUT2D eigenvalue weighted by molar-refractivity contribution is 0.627. The van der Waals surface area contributed by atoms with E-state index in [4.69, 9.17) is 0 Å². The summed E-state index contributed by atoms with van der Waals surface area (Å²) in [5, 5.41) is 14.6. The van der Waals surface area contributed by atoms with Gasteiger partial charge in [0, 0.05) is 16.7 Å². The van der Waals surface area contributed by atoms with Gasteiger partial charge >= 0.3 is 0 Å². The van der Waals surface area contributed by atoms with Gasteiger partial charge in [-0.05, 0) is 60.2 Å². The molecule has 31 heavy (non-hydrogen) atoms. The second-order valence-electron chi connectivity index (χ2n) is 6.98. The second kappa shape index (κ2) is 7.47. The van der Waals surface area contributed by atoms with Crippen molar-refractivity contribution in [2.75, 3.05) is 0 Å². The van der Waals surface area contributed by atoms with Crippen molar-refractivity contribution >= 4 is 5.65 Å². The fraction of sp³-hybridized carbons (Fsp3) is 0. The fourth-order valence-electron chi connectivity index (χ4n) is 3.54. The Hall–Kier alpha value is -4.37. The summed E-state index contributed by atoms with van der Waals surface area (Å²) in [6.07, 6.45) is 0. The number of nitriles is 1. The van der Waals surface area contributed by atoms with Gasteiger partial charge in [0.15, 0.2) is 11.5 Å². The van der Waals surface area contributed by atoms with Gasteiger partial charge < -0.3 is 0 Å². The lowest BCUT2D eigenvalue weighted by Crippen LogP contribution is -1.99. The highest BCUT2D eigenvalue weighted by Crippen LogP contribution is 2.33. The van der Waals surface area contributed by atoms with E-state index in [1.165, 1.54) is 24.3 Å². The molecule has 0 bridgehead atoms. The van der Waals surface area contributed by atoms with Crippen LogP contribution in [0.5, 0.6) is 0 Å². The van der Waals surface area contributed by atoms with Crippen molar-refractivity contribution in [2.45, 2.75) is 0 Å². The first-order valence-corrected chi connectivity index (χ1v) is 9.55. The number of hydrogen-bond acceptors (Lipinski definition) is 3. The van der Waals surface area contributed by atoms with E-state index < -0.39 is 0 Å². The summed E-state index contributed by atoms with van der Waals surface area (Å²) >= 11 is 0. The average molecular weight is 408 g/mol. The van der Waals surface area contributed by atoms with Crippen LogP contribution in [0.1, 0.15) is 5.56 Å². The molecule has 2 aromatic heterocycles. The molecule has 0 N–H and O–H groups in total. The van der Waals surface area contributed by atoms with Gasteiger partial charge in [-0.1, -0.05) is 30.3 Å². The van der Waals surface area contributed by atoms with Crippen molar-refractivity contribution in [1.82, 2.24) is 14.6 Å². The smallest absolute Gasteiger partial charge is 0.182 e. The standard InChI is InChI=1S/C25H14F2N4/c26-19-10-6-17(7-11-19)23-14-21(16-4-2-1-3-5-16)22(15-28)25-29-24(30-31(23)25)18-8-12-20(27)13-9-18/h1-14H. The Bertz CT molecular complexity index is 1430. The van der Waals surface area contributed by atoms with Crippen molar-refractivity contribution in [3.8, 4) is 39.8 Å². The van der Waals surface area contributed by atoms with E-state index in [0.717, 1.165) is 11.1 Å². The highest BCUT2D eigenvalue weighted by Gasteiger charge is 2.19. The predicted octanol–water partition coefficient (Wildman–Crippen LogP) is 5.88. The topological polar surface area (TPSA) is 54.0 Å². The highest BCUT2D eigenvalue weighted by molar-refractivity contribution is 5.83. The SMILES string of the molecule is N#Cc1c(-c2ccccc2)cc(-c2ccc(F)cc2)n2nc(-c3ccc(F)cc3)nc12. The zero-order valence-electron chi connectivity index (χ0n) is 16.1. The van der Waals surface area contributed by atoms with Crippen LogP contribution in [0.2, 0.25) is 0 Å². The van der Waals surface area contributed by atoms with Crippen LogP contribution in [0.4, 0.5) is 8.78 Å². The lowest BCUT2D eigenvalue weighted by Gasteiger charge is -2.11. The fourth-order valence-corrected chi connectivity index (χ4v) is 3.54. The van der Waals surface area contributed by atoms with E-state index >= 15 is 0 Å². The van der Waals surface area contributed by atoms with E-state index in [9.17, 15) is 14.0 Å². The van der Waals surface area contributed by atoms with Crippen molar-refractivity contribution in [2.24, 2.45) is 0 Å². The summed E-state index contributed by atoms with van der Waals surface area (Å²) < 4.78 is 28.5. The van der Waals surface area contributed by atoms with Gasteiger partial charge in [-0.15, -0.1) is 5.10 Å². The molecule has 148 valence electrons. The molecule has 0 saturated carbocycles. The molecule has 0 aliphatic heterocycles. The largest absolute Gasteiger partial charge is 0.211 e. The van der Waals surface area contributed by atoms with E-state index in [-0.39, 0.29) is 11.6 Å². The maximum atomic E-state index is 13.5. The predicted molar refractivity (Wildman–Crippen MR) is 114 cm³/mol. The summed E-state index contributed by atoms with van der Waals surface area (Å²) in [5.41, 5.74) is 4.32. The molecule has 0 radical (unpaired) electrons. The third kappa shape index (κ3) is 3.32. The van der Waals surface area contributed by atoms with Crippen LogP contribution >= 0.6 is 0 Å². The molecule has 0 fully saturated rings. The van der Waals surface area contributed by atoms with Crippen LogP contribution in [-0.2, 0) is 0 Å². The molecule has 0 aliphatic carbocycles. The molecular formula is C25H14F2N4. The number of aromatic nitrogens is 3. The molecule has 0 atom stereocenters. The van der Waals surface area contributed by atoms with E-state index in [1.807, 2.05) is 36.4 Å². The molecule has 6 heteroatoms. The number of halogens is 2. The van der Waals surface area contributed by atoms with Gasteiger partial charge in [0.2, 0.25) is 0 Å². The van der Waals surface area contributed by atoms with Gasteiger partial charge in [0.1, 0.15) is 23.3 Å². The van der Waals surface area contributed by atoms with Crippen molar-refractivity contribution in [3.05, 3.63) is 102 Å². The minimum Gasteiger partial charge on any atom is -0.211 e. The molecule has 2 heterocycles. The van der Waals surface area contributed by atoms with E-state index in [2.05, 4.69) is 16.2 Å². The Labute approximate surface area is 176 Å². The molecule has 5 rings (SSSR count). The highest BCUT2D eigenvalue weighted by atomic mass is 19.1. The summed E-state index contributed by atoms with van der Waals surface area (Å²) in [6, 6.07) is 25.5. The normalized spacial score (nSPS) is 10.9. The van der Waals surface area contributed by atoms with Crippen LogP contribution in [0.25, 0.3) is 39.4 Å². The Balaban J connectivity index is 1.84. The number of nitrogens with zero attached hydrogens (tertiary/aromatic N) is 4. The Kier molecular flexibility index (Phi) is 4.49. The first-order chi connectivity index (χ1) is 15.1. The molecule has 0 unspecified atom stereocenters. The number of benzene rings is 3. The number of hydrogen-bond donors (Lipinski definition) is 0. The molecule has 3 aromatic carbocycles. The Morgan fingerprint density at radius 3 is 1.97 bits per heavy atom. The summed E-state index contributed by atoms with van der Waals surface area (Å²) in [4.78, 5) is 4.61. The monoisotopic (exact) mass is 408 g/mol. The minimum absolute atomic E-state index is 0.345. The number of fused-ring (bicyclic) bond motifs is 1. The molecule has 4 nitrogen and oxygen atoms in total. The van der Waals surface area contributed by atoms with Gasteiger partial charge in [-0.2, -0.15) is 5.26 Å². The van der Waals surface area contributed by atoms with Gasteiger partial charge in [-0.3, -0.25) is 0 Å². The van der Waals surface area contributed by atoms with Gasteiger partial charge in [-0.25, -0.2) is 18.3 Å². The van der Waals surface area contributed by atoms with Crippen molar-refractivity contribution in [1.29, 1.82) is 5.26 Å². The third-order valence-corrected chi connectivity index (χ3v) is 5.05. The average Bonchev–Trinajstić information content (AvgIpc) is 3.25. The maximum absolute atomic E-state index is 13.5. The minimum atomic E-state index is -0.358. The van der Waals surface area contributed by atoms with Crippen molar-refractivity contribution < 1.29 is 8.78 Å². The molecule has 0 saturated heterocycles. The molecular weight excluding hydrogens is 394 g/mol. The zero-order chi connectivity index (χ0) is 21.4. The Morgan fingerprint density at radius 1 is 0.742 bits per heavy atom. The molecule has 5 aromatic rings. The van der Waals surface area contributed by atoms with Crippen LogP contribution in [0.15, 0.2) is 84.9 Å². The zero-order valence-corrected chi connectivity index (χ0v) is 16.1. The maximum Gasteiger partial charge on any atom is 0.182 e. The van der Waals surface area contributed by atoms with Crippen LogP contribution in [0.3, 0.4) is 0 Å². The van der Waals surface area contributed by atoms with Crippen molar-refractivity contribution in [3.63, 3.8) is 0 Å². The molecule has 0 amide bonds. The first-order valence-electron chi connectivity index (χ1n) is 9.55. The van der Waals surface area contributed by atoms with Crippen LogP contribution < -0.4 is 0 Å². The summed E-state index contributed by atoms with van der Waals surface area (Å²) in [7, 11) is 0. The van der Waals surface area contributed by atoms with Gasteiger partial charge in [0.05, 0.1) is 5.69 Å².